The molecule has 1 amide bonds. The number of halogens is 2. The first-order chi connectivity index (χ1) is 17.3. The van der Waals surface area contributed by atoms with Crippen LogP contribution in [-0.4, -0.2) is 18.2 Å². The van der Waals surface area contributed by atoms with E-state index in [1.165, 1.54) is 17.0 Å². The van der Waals surface area contributed by atoms with Crippen molar-refractivity contribution in [3.05, 3.63) is 88.7 Å². The minimum absolute atomic E-state index is 0.0815. The van der Waals surface area contributed by atoms with Gasteiger partial charge in [0.25, 0.3) is 0 Å². The molecule has 0 unspecified atom stereocenters. The van der Waals surface area contributed by atoms with Crippen molar-refractivity contribution in [1.29, 1.82) is 0 Å². The summed E-state index contributed by atoms with van der Waals surface area (Å²) in [4.78, 5) is 13.7. The van der Waals surface area contributed by atoms with Crippen LogP contribution in [0.4, 0.5) is 15.8 Å². The Balaban J connectivity index is 0.00000154. The summed E-state index contributed by atoms with van der Waals surface area (Å²) in [5, 5.41) is 6.85. The van der Waals surface area contributed by atoms with Crippen LogP contribution in [0.1, 0.15) is 59.6 Å². The van der Waals surface area contributed by atoms with E-state index in [-0.39, 0.29) is 17.1 Å². The zero-order valence-corrected chi connectivity index (χ0v) is 24.1. The number of amides is 1. The molecular weight excluding hydrogens is 491 g/mol. The fourth-order valence-electron chi connectivity index (χ4n) is 3.39. The molecular formula is C30H40ClFN2OS. The van der Waals surface area contributed by atoms with E-state index in [1.807, 2.05) is 64.1 Å². The van der Waals surface area contributed by atoms with Gasteiger partial charge in [0.2, 0.25) is 5.91 Å². The topological polar surface area (TPSA) is 41.1 Å². The van der Waals surface area contributed by atoms with Crippen molar-refractivity contribution in [3.63, 3.8) is 0 Å². The standard InChI is InChI=1S/C26H28ClFN2OS.2C2H6/c1-4-32-22-12-5-18(6-13-22)15-25(31)30-21-11-14-23(24(27)16-21)26(2,3)17-29-20-9-7-19(28)8-10-20;2*1-2/h5-14,16,29H,4,15,17H2,1-3H3,(H,30,31);2*1-2H3. The number of hydrogen-bond acceptors (Lipinski definition) is 3. The third-order valence-corrected chi connectivity index (χ3v) is 6.37. The number of carbonyl (C=O) groups excluding carboxylic acids is 1. The molecule has 3 aromatic rings. The Labute approximate surface area is 226 Å². The van der Waals surface area contributed by atoms with Crippen molar-refractivity contribution in [1.82, 2.24) is 0 Å². The Morgan fingerprint density at radius 2 is 1.50 bits per heavy atom. The Morgan fingerprint density at radius 3 is 2.06 bits per heavy atom. The van der Waals surface area contributed by atoms with Crippen LogP contribution >= 0.6 is 23.4 Å². The van der Waals surface area contributed by atoms with Gasteiger partial charge in [-0.25, -0.2) is 4.39 Å². The van der Waals surface area contributed by atoms with E-state index >= 15 is 0 Å². The number of nitrogens with one attached hydrogen (secondary N) is 2. The van der Waals surface area contributed by atoms with Gasteiger partial charge in [0, 0.05) is 33.3 Å². The molecule has 0 atom stereocenters. The van der Waals surface area contributed by atoms with Crippen LogP contribution in [0.15, 0.2) is 71.6 Å². The van der Waals surface area contributed by atoms with Crippen LogP contribution in [0.2, 0.25) is 5.02 Å². The van der Waals surface area contributed by atoms with Gasteiger partial charge in [0.15, 0.2) is 0 Å². The van der Waals surface area contributed by atoms with Crippen LogP contribution < -0.4 is 10.6 Å². The first kappa shape index (κ1) is 31.5. The fourth-order valence-corrected chi connectivity index (χ4v) is 4.49. The van der Waals surface area contributed by atoms with E-state index in [1.54, 1.807) is 30.0 Å². The van der Waals surface area contributed by atoms with Crippen LogP contribution in [0.25, 0.3) is 0 Å². The van der Waals surface area contributed by atoms with Gasteiger partial charge in [0.05, 0.1) is 6.42 Å². The highest BCUT2D eigenvalue weighted by molar-refractivity contribution is 7.99. The average molecular weight is 531 g/mol. The molecule has 0 spiro atoms. The maximum absolute atomic E-state index is 13.1. The average Bonchev–Trinajstić information content (AvgIpc) is 2.87. The second kappa shape index (κ2) is 16.3. The number of rotatable bonds is 9. The second-order valence-electron chi connectivity index (χ2n) is 8.24. The lowest BCUT2D eigenvalue weighted by atomic mass is 9.84. The highest BCUT2D eigenvalue weighted by Gasteiger charge is 2.23. The molecule has 0 aliphatic rings. The SMILES string of the molecule is CC.CC.CCSc1ccc(CC(=O)Nc2ccc(C(C)(C)CNc3ccc(F)cc3)c(Cl)c2)cc1. The Hall–Kier alpha value is -2.50. The smallest absolute Gasteiger partial charge is 0.228 e. The van der Waals surface area contributed by atoms with Crippen molar-refractivity contribution >= 4 is 40.6 Å². The molecule has 0 saturated heterocycles. The molecule has 0 saturated carbocycles. The summed E-state index contributed by atoms with van der Waals surface area (Å²) >= 11 is 8.35. The van der Waals surface area contributed by atoms with E-state index in [2.05, 4.69) is 31.4 Å². The molecule has 0 aliphatic carbocycles. The molecule has 3 nitrogen and oxygen atoms in total. The molecule has 0 bridgehead atoms. The van der Waals surface area contributed by atoms with Crippen molar-refractivity contribution in [3.8, 4) is 0 Å². The van der Waals surface area contributed by atoms with Crippen molar-refractivity contribution in [2.75, 3.05) is 22.9 Å². The van der Waals surface area contributed by atoms with Gasteiger partial charge >= 0.3 is 0 Å². The summed E-state index contributed by atoms with van der Waals surface area (Å²) in [5.74, 6) is 0.681. The minimum atomic E-state index is -0.272. The largest absolute Gasteiger partial charge is 0.384 e. The summed E-state index contributed by atoms with van der Waals surface area (Å²) in [6.07, 6.45) is 0.309. The summed E-state index contributed by atoms with van der Waals surface area (Å²) in [7, 11) is 0. The first-order valence-corrected chi connectivity index (χ1v) is 13.9. The highest BCUT2D eigenvalue weighted by Crippen LogP contribution is 2.32. The van der Waals surface area contributed by atoms with E-state index in [0.717, 1.165) is 22.6 Å². The van der Waals surface area contributed by atoms with Crippen molar-refractivity contribution in [2.45, 2.75) is 65.2 Å². The molecule has 3 rings (SSSR count). The zero-order chi connectivity index (χ0) is 27.1. The molecule has 0 fully saturated rings. The predicted octanol–water partition coefficient (Wildman–Crippen LogP) is 9.21. The van der Waals surface area contributed by atoms with Crippen LogP contribution in [0, 0.1) is 5.82 Å². The molecule has 0 heterocycles. The van der Waals surface area contributed by atoms with Gasteiger partial charge in [-0.05, 0) is 65.4 Å². The lowest BCUT2D eigenvalue weighted by Crippen LogP contribution is -2.28. The number of hydrogen-bond donors (Lipinski definition) is 2. The third kappa shape index (κ3) is 10.2. The van der Waals surface area contributed by atoms with Crippen molar-refractivity contribution in [2.24, 2.45) is 0 Å². The summed E-state index contributed by atoms with van der Waals surface area (Å²) in [5.41, 5.74) is 3.19. The zero-order valence-electron chi connectivity index (χ0n) is 22.5. The van der Waals surface area contributed by atoms with Gasteiger partial charge in [-0.3, -0.25) is 4.79 Å². The van der Waals surface area contributed by atoms with E-state index in [9.17, 15) is 9.18 Å². The number of carbonyl (C=O) groups is 1. The predicted molar refractivity (Wildman–Crippen MR) is 157 cm³/mol. The normalized spacial score (nSPS) is 10.4. The second-order valence-corrected chi connectivity index (χ2v) is 9.99. The van der Waals surface area contributed by atoms with Gasteiger partial charge < -0.3 is 10.6 Å². The quantitative estimate of drug-likeness (QED) is 0.271. The van der Waals surface area contributed by atoms with Crippen molar-refractivity contribution < 1.29 is 9.18 Å². The Morgan fingerprint density at radius 1 is 0.917 bits per heavy atom. The lowest BCUT2D eigenvalue weighted by molar-refractivity contribution is -0.115. The lowest BCUT2D eigenvalue weighted by Gasteiger charge is -2.27. The highest BCUT2D eigenvalue weighted by atomic mass is 35.5. The molecule has 36 heavy (non-hydrogen) atoms. The van der Waals surface area contributed by atoms with Crippen LogP contribution in [-0.2, 0) is 16.6 Å². The molecule has 0 aromatic heterocycles. The first-order valence-electron chi connectivity index (χ1n) is 12.6. The molecule has 2 N–H and O–H groups in total. The van der Waals surface area contributed by atoms with E-state index in [4.69, 9.17) is 11.6 Å². The van der Waals surface area contributed by atoms with E-state index < -0.39 is 0 Å². The molecule has 196 valence electrons. The minimum Gasteiger partial charge on any atom is -0.384 e. The maximum atomic E-state index is 13.1. The van der Waals surface area contributed by atoms with Gasteiger partial charge in [0.1, 0.15) is 5.82 Å². The number of benzene rings is 3. The molecule has 0 radical (unpaired) electrons. The third-order valence-electron chi connectivity index (χ3n) is 5.16. The summed E-state index contributed by atoms with van der Waals surface area (Å²) < 4.78 is 13.1. The van der Waals surface area contributed by atoms with Crippen LogP contribution in [0.5, 0.6) is 0 Å². The molecule has 0 aliphatic heterocycles. The molecule has 6 heteroatoms. The Kier molecular flexibility index (Phi) is 14.3. The number of thioether (sulfide) groups is 1. The summed E-state index contributed by atoms with van der Waals surface area (Å²) in [6.45, 7) is 14.9. The van der Waals surface area contributed by atoms with Gasteiger partial charge in [-0.15, -0.1) is 11.8 Å². The maximum Gasteiger partial charge on any atom is 0.228 e. The van der Waals surface area contributed by atoms with Gasteiger partial charge in [-0.1, -0.05) is 78.3 Å². The van der Waals surface area contributed by atoms with Crippen LogP contribution in [0.3, 0.4) is 0 Å². The summed E-state index contributed by atoms with van der Waals surface area (Å²) in [6, 6.07) is 20.0. The molecule has 3 aromatic carbocycles. The fraction of sp³-hybridized carbons (Fsp3) is 0.367. The Bertz CT molecular complexity index is 1050. The monoisotopic (exact) mass is 530 g/mol. The van der Waals surface area contributed by atoms with Gasteiger partial charge in [-0.2, -0.15) is 0 Å². The number of anilines is 2. The van der Waals surface area contributed by atoms with E-state index in [0.29, 0.717) is 23.7 Å².